The van der Waals surface area contributed by atoms with E-state index in [4.69, 9.17) is 16.9 Å². The standard InChI is InChI=1S/C10H8ClFN2/c11-5-2-6-14-10-4-1-3-9(12)8(10)7-13/h1-5,14H,6H2/b5-2+. The monoisotopic (exact) mass is 210 g/mol. The number of halogens is 2. The van der Waals surface area contributed by atoms with Gasteiger partial charge >= 0.3 is 0 Å². The third-order valence-corrected chi connectivity index (χ3v) is 1.80. The first-order chi connectivity index (χ1) is 6.79. The summed E-state index contributed by atoms with van der Waals surface area (Å²) < 4.78 is 13.1. The van der Waals surface area contributed by atoms with E-state index < -0.39 is 5.82 Å². The summed E-state index contributed by atoms with van der Waals surface area (Å²) in [5.74, 6) is -0.521. The molecule has 0 fully saturated rings. The molecule has 1 N–H and O–H groups in total. The van der Waals surface area contributed by atoms with Gasteiger partial charge in [-0.3, -0.25) is 0 Å². The van der Waals surface area contributed by atoms with Crippen molar-refractivity contribution in [2.75, 3.05) is 11.9 Å². The summed E-state index contributed by atoms with van der Waals surface area (Å²) in [5.41, 5.74) is 1.86. The Hall–Kier alpha value is -1.53. The Balaban J connectivity index is 2.86. The Kier molecular flexibility index (Phi) is 3.96. The van der Waals surface area contributed by atoms with Gasteiger partial charge in [-0.05, 0) is 12.1 Å². The minimum Gasteiger partial charge on any atom is -0.380 e. The first-order valence-electron chi connectivity index (χ1n) is 3.97. The number of hydrogen-bond donors (Lipinski definition) is 1. The van der Waals surface area contributed by atoms with Gasteiger partial charge in [-0.15, -0.1) is 0 Å². The van der Waals surface area contributed by atoms with Gasteiger partial charge in [0, 0.05) is 12.1 Å². The number of nitrogens with zero attached hydrogens (tertiary/aromatic N) is 1. The largest absolute Gasteiger partial charge is 0.380 e. The second-order valence-corrected chi connectivity index (χ2v) is 2.77. The van der Waals surface area contributed by atoms with Crippen LogP contribution in [-0.4, -0.2) is 6.54 Å². The van der Waals surface area contributed by atoms with Crippen molar-refractivity contribution in [3.63, 3.8) is 0 Å². The quantitative estimate of drug-likeness (QED) is 0.833. The molecular weight excluding hydrogens is 203 g/mol. The van der Waals surface area contributed by atoms with Crippen LogP contribution in [0.25, 0.3) is 0 Å². The molecule has 0 bridgehead atoms. The lowest BCUT2D eigenvalue weighted by atomic mass is 10.2. The topological polar surface area (TPSA) is 35.8 Å². The summed E-state index contributed by atoms with van der Waals surface area (Å²) >= 11 is 5.31. The predicted octanol–water partition coefficient (Wildman–Crippen LogP) is 2.86. The number of benzene rings is 1. The highest BCUT2D eigenvalue weighted by molar-refractivity contribution is 6.25. The van der Waals surface area contributed by atoms with Crippen molar-refractivity contribution in [2.45, 2.75) is 0 Å². The SMILES string of the molecule is N#Cc1c(F)cccc1NC/C=C/Cl. The molecule has 0 saturated carbocycles. The molecule has 0 aromatic heterocycles. The highest BCUT2D eigenvalue weighted by Crippen LogP contribution is 2.17. The van der Waals surface area contributed by atoms with Crippen LogP contribution in [0.15, 0.2) is 29.8 Å². The van der Waals surface area contributed by atoms with Crippen LogP contribution >= 0.6 is 11.6 Å². The highest BCUT2D eigenvalue weighted by Gasteiger charge is 2.05. The van der Waals surface area contributed by atoms with Crippen molar-refractivity contribution >= 4 is 17.3 Å². The number of nitrogens with one attached hydrogen (secondary N) is 1. The molecular formula is C10H8ClFN2. The van der Waals surface area contributed by atoms with Crippen LogP contribution in [0.3, 0.4) is 0 Å². The molecule has 0 aliphatic rings. The van der Waals surface area contributed by atoms with E-state index in [-0.39, 0.29) is 5.56 Å². The maximum atomic E-state index is 13.1. The van der Waals surface area contributed by atoms with Crippen LogP contribution in [0.1, 0.15) is 5.56 Å². The van der Waals surface area contributed by atoms with E-state index in [0.29, 0.717) is 12.2 Å². The molecule has 0 radical (unpaired) electrons. The van der Waals surface area contributed by atoms with Gasteiger partial charge in [-0.1, -0.05) is 23.7 Å². The molecule has 0 saturated heterocycles. The summed E-state index contributed by atoms with van der Waals surface area (Å²) in [6.45, 7) is 0.460. The summed E-state index contributed by atoms with van der Waals surface area (Å²) in [7, 11) is 0. The molecule has 72 valence electrons. The van der Waals surface area contributed by atoms with Crippen LogP contribution in [0.2, 0.25) is 0 Å². The Labute approximate surface area is 86.6 Å². The van der Waals surface area contributed by atoms with E-state index >= 15 is 0 Å². The van der Waals surface area contributed by atoms with Crippen molar-refractivity contribution in [1.29, 1.82) is 5.26 Å². The average Bonchev–Trinajstić information content (AvgIpc) is 2.18. The summed E-state index contributed by atoms with van der Waals surface area (Å²) in [4.78, 5) is 0. The third-order valence-electron chi connectivity index (χ3n) is 1.62. The van der Waals surface area contributed by atoms with Gasteiger partial charge in [0.25, 0.3) is 0 Å². The fourth-order valence-corrected chi connectivity index (χ4v) is 1.09. The normalized spacial score (nSPS) is 10.1. The van der Waals surface area contributed by atoms with Gasteiger partial charge < -0.3 is 5.32 Å². The highest BCUT2D eigenvalue weighted by atomic mass is 35.5. The molecule has 0 amide bonds. The maximum Gasteiger partial charge on any atom is 0.143 e. The first-order valence-corrected chi connectivity index (χ1v) is 4.41. The molecule has 1 aromatic rings. The number of rotatable bonds is 3. The molecule has 0 atom stereocenters. The first kappa shape index (κ1) is 10.6. The number of hydrogen-bond acceptors (Lipinski definition) is 2. The number of nitriles is 1. The molecule has 0 aliphatic heterocycles. The van der Waals surface area contributed by atoms with E-state index in [1.807, 2.05) is 0 Å². The van der Waals surface area contributed by atoms with Crippen LogP contribution in [0.4, 0.5) is 10.1 Å². The van der Waals surface area contributed by atoms with Crippen LogP contribution < -0.4 is 5.32 Å². The third kappa shape index (κ3) is 2.48. The summed E-state index contributed by atoms with van der Waals surface area (Å²) in [6, 6.07) is 6.23. The van der Waals surface area contributed by atoms with Gasteiger partial charge in [0.1, 0.15) is 17.4 Å². The van der Waals surface area contributed by atoms with Crippen molar-refractivity contribution in [2.24, 2.45) is 0 Å². The Morgan fingerprint density at radius 3 is 3.00 bits per heavy atom. The average molecular weight is 211 g/mol. The van der Waals surface area contributed by atoms with Crippen LogP contribution in [0, 0.1) is 17.1 Å². The van der Waals surface area contributed by atoms with E-state index in [9.17, 15) is 4.39 Å². The van der Waals surface area contributed by atoms with E-state index in [2.05, 4.69) is 5.32 Å². The van der Waals surface area contributed by atoms with Gasteiger partial charge in [0.05, 0.1) is 5.69 Å². The Morgan fingerprint density at radius 2 is 2.36 bits per heavy atom. The lowest BCUT2D eigenvalue weighted by molar-refractivity contribution is 0.624. The molecule has 0 unspecified atom stereocenters. The molecule has 1 aromatic carbocycles. The number of anilines is 1. The van der Waals surface area contributed by atoms with Crippen molar-refractivity contribution in [3.8, 4) is 6.07 Å². The zero-order valence-electron chi connectivity index (χ0n) is 7.30. The Bertz CT molecular complexity index is 382. The fourth-order valence-electron chi connectivity index (χ4n) is 0.999. The molecule has 1 rings (SSSR count). The van der Waals surface area contributed by atoms with Crippen molar-refractivity contribution in [1.82, 2.24) is 0 Å². The molecule has 14 heavy (non-hydrogen) atoms. The molecule has 0 aliphatic carbocycles. The van der Waals surface area contributed by atoms with Gasteiger partial charge in [0.15, 0.2) is 0 Å². The molecule has 0 spiro atoms. The van der Waals surface area contributed by atoms with E-state index in [0.717, 1.165) is 0 Å². The van der Waals surface area contributed by atoms with Gasteiger partial charge in [-0.2, -0.15) is 5.26 Å². The predicted molar refractivity (Wildman–Crippen MR) is 54.6 cm³/mol. The minimum atomic E-state index is -0.521. The van der Waals surface area contributed by atoms with E-state index in [1.54, 1.807) is 24.3 Å². The lowest BCUT2D eigenvalue weighted by Gasteiger charge is -2.05. The summed E-state index contributed by atoms with van der Waals surface area (Å²) in [6.07, 6.45) is 1.66. The zero-order valence-corrected chi connectivity index (χ0v) is 8.05. The second-order valence-electron chi connectivity index (χ2n) is 2.52. The molecule has 0 heterocycles. The van der Waals surface area contributed by atoms with Crippen LogP contribution in [-0.2, 0) is 0 Å². The minimum absolute atomic E-state index is 0.0236. The second kappa shape index (κ2) is 5.25. The molecule has 2 nitrogen and oxygen atoms in total. The lowest BCUT2D eigenvalue weighted by Crippen LogP contribution is -2.01. The van der Waals surface area contributed by atoms with Crippen molar-refractivity contribution in [3.05, 3.63) is 41.2 Å². The maximum absolute atomic E-state index is 13.1. The van der Waals surface area contributed by atoms with Gasteiger partial charge in [0.2, 0.25) is 0 Å². The van der Waals surface area contributed by atoms with Crippen LogP contribution in [0.5, 0.6) is 0 Å². The van der Waals surface area contributed by atoms with E-state index in [1.165, 1.54) is 11.6 Å². The Morgan fingerprint density at radius 1 is 1.57 bits per heavy atom. The smallest absolute Gasteiger partial charge is 0.143 e. The summed E-state index contributed by atoms with van der Waals surface area (Å²) in [5, 5.41) is 11.6. The van der Waals surface area contributed by atoms with Gasteiger partial charge in [-0.25, -0.2) is 4.39 Å². The molecule has 4 heteroatoms. The van der Waals surface area contributed by atoms with Crippen molar-refractivity contribution < 1.29 is 4.39 Å². The zero-order chi connectivity index (χ0) is 10.4. The fraction of sp³-hybridized carbons (Fsp3) is 0.100.